The van der Waals surface area contributed by atoms with Crippen molar-refractivity contribution in [2.45, 2.75) is 6.42 Å². The standard InChI is InChI=1S/C14H19BrN2O3S/c15-12-4-1-3-11(9-12)14(20)17-10-13(19)16-5-8-21-7-2-6-18/h1,3-4,9,18H,2,5-8,10H2,(H,16,19)(H,17,20). The van der Waals surface area contributed by atoms with E-state index in [-0.39, 0.29) is 25.0 Å². The average molecular weight is 375 g/mol. The quantitative estimate of drug-likeness (QED) is 0.571. The number of thioether (sulfide) groups is 1. The molecule has 0 aliphatic heterocycles. The first-order valence-electron chi connectivity index (χ1n) is 6.62. The van der Waals surface area contributed by atoms with Crippen LogP contribution in [0.4, 0.5) is 0 Å². The number of nitrogens with one attached hydrogen (secondary N) is 2. The second-order valence-corrected chi connectivity index (χ2v) is 6.37. The lowest BCUT2D eigenvalue weighted by atomic mass is 10.2. The molecular weight excluding hydrogens is 356 g/mol. The molecular formula is C14H19BrN2O3S. The number of amides is 2. The summed E-state index contributed by atoms with van der Waals surface area (Å²) in [7, 11) is 0. The van der Waals surface area contributed by atoms with E-state index in [1.54, 1.807) is 30.0 Å². The first-order valence-corrected chi connectivity index (χ1v) is 8.57. The first-order chi connectivity index (χ1) is 10.1. The van der Waals surface area contributed by atoms with Gasteiger partial charge in [0.25, 0.3) is 5.91 Å². The van der Waals surface area contributed by atoms with Gasteiger partial charge in [-0.15, -0.1) is 0 Å². The van der Waals surface area contributed by atoms with E-state index in [0.29, 0.717) is 12.1 Å². The largest absolute Gasteiger partial charge is 0.396 e. The van der Waals surface area contributed by atoms with E-state index in [1.807, 2.05) is 6.07 Å². The maximum absolute atomic E-state index is 11.8. The van der Waals surface area contributed by atoms with Gasteiger partial charge in [-0.2, -0.15) is 11.8 Å². The second kappa shape index (κ2) is 10.6. The van der Waals surface area contributed by atoms with Crippen LogP contribution in [0.1, 0.15) is 16.8 Å². The molecule has 0 spiro atoms. The van der Waals surface area contributed by atoms with Gasteiger partial charge in [0, 0.05) is 28.9 Å². The number of hydrogen-bond donors (Lipinski definition) is 3. The molecule has 5 nitrogen and oxygen atoms in total. The highest BCUT2D eigenvalue weighted by Gasteiger charge is 2.07. The number of carbonyl (C=O) groups excluding carboxylic acids is 2. The van der Waals surface area contributed by atoms with Gasteiger partial charge < -0.3 is 15.7 Å². The zero-order valence-corrected chi connectivity index (χ0v) is 14.0. The Balaban J connectivity index is 2.16. The third-order valence-electron chi connectivity index (χ3n) is 2.51. The molecule has 0 bridgehead atoms. The van der Waals surface area contributed by atoms with E-state index in [0.717, 1.165) is 22.4 Å². The predicted molar refractivity (Wildman–Crippen MR) is 88.5 cm³/mol. The summed E-state index contributed by atoms with van der Waals surface area (Å²) in [5.41, 5.74) is 0.511. The Kier molecular flexibility index (Phi) is 9.12. The fraction of sp³-hybridized carbons (Fsp3) is 0.429. The minimum Gasteiger partial charge on any atom is -0.396 e. The van der Waals surface area contributed by atoms with E-state index < -0.39 is 0 Å². The Morgan fingerprint density at radius 3 is 2.76 bits per heavy atom. The zero-order chi connectivity index (χ0) is 15.5. The molecule has 1 rings (SSSR count). The van der Waals surface area contributed by atoms with E-state index in [4.69, 9.17) is 5.11 Å². The monoisotopic (exact) mass is 374 g/mol. The van der Waals surface area contributed by atoms with Crippen LogP contribution in [0.2, 0.25) is 0 Å². The maximum atomic E-state index is 11.8. The summed E-state index contributed by atoms with van der Waals surface area (Å²) in [5, 5.41) is 13.9. The zero-order valence-electron chi connectivity index (χ0n) is 11.6. The van der Waals surface area contributed by atoms with Gasteiger partial charge in [-0.3, -0.25) is 9.59 Å². The van der Waals surface area contributed by atoms with Gasteiger partial charge in [0.15, 0.2) is 0 Å². The van der Waals surface area contributed by atoms with Crippen LogP contribution in [0.25, 0.3) is 0 Å². The topological polar surface area (TPSA) is 78.4 Å². The third kappa shape index (κ3) is 8.08. The molecule has 0 unspecified atom stereocenters. The summed E-state index contributed by atoms with van der Waals surface area (Å²) in [4.78, 5) is 23.4. The molecule has 1 aromatic carbocycles. The lowest BCUT2D eigenvalue weighted by Crippen LogP contribution is -2.37. The van der Waals surface area contributed by atoms with Crippen LogP contribution in [0, 0.1) is 0 Å². The van der Waals surface area contributed by atoms with Crippen molar-refractivity contribution in [3.05, 3.63) is 34.3 Å². The van der Waals surface area contributed by atoms with E-state index in [1.165, 1.54) is 0 Å². The Hall–Kier alpha value is -1.05. The van der Waals surface area contributed by atoms with Gasteiger partial charge >= 0.3 is 0 Å². The van der Waals surface area contributed by atoms with Crippen LogP contribution >= 0.6 is 27.7 Å². The van der Waals surface area contributed by atoms with Crippen molar-refractivity contribution in [1.29, 1.82) is 0 Å². The Morgan fingerprint density at radius 2 is 2.05 bits per heavy atom. The smallest absolute Gasteiger partial charge is 0.251 e. The number of rotatable bonds is 9. The highest BCUT2D eigenvalue weighted by atomic mass is 79.9. The SMILES string of the molecule is O=C(CNC(=O)c1cccc(Br)c1)NCCSCCCO. The number of halogens is 1. The van der Waals surface area contributed by atoms with Crippen LogP contribution in [-0.2, 0) is 4.79 Å². The molecule has 0 fully saturated rings. The molecule has 0 aliphatic rings. The van der Waals surface area contributed by atoms with Crippen LogP contribution < -0.4 is 10.6 Å². The minimum atomic E-state index is -0.274. The Morgan fingerprint density at radius 1 is 1.24 bits per heavy atom. The van der Waals surface area contributed by atoms with Crippen LogP contribution in [0.5, 0.6) is 0 Å². The predicted octanol–water partition coefficient (Wildman–Crippen LogP) is 1.41. The van der Waals surface area contributed by atoms with Gasteiger partial charge in [-0.05, 0) is 30.4 Å². The molecule has 0 saturated heterocycles. The molecule has 2 amide bonds. The van der Waals surface area contributed by atoms with Crippen molar-refractivity contribution in [3.8, 4) is 0 Å². The molecule has 7 heteroatoms. The lowest BCUT2D eigenvalue weighted by molar-refractivity contribution is -0.120. The molecule has 0 aliphatic carbocycles. The van der Waals surface area contributed by atoms with Gasteiger partial charge in [0.05, 0.1) is 6.54 Å². The second-order valence-electron chi connectivity index (χ2n) is 4.23. The summed E-state index contributed by atoms with van der Waals surface area (Å²) in [6.07, 6.45) is 0.765. The minimum absolute atomic E-state index is 0.0351. The summed E-state index contributed by atoms with van der Waals surface area (Å²) in [6.45, 7) is 0.718. The molecule has 0 saturated carbocycles. The number of aliphatic hydroxyl groups excluding tert-OH is 1. The third-order valence-corrected chi connectivity index (χ3v) is 4.08. The average Bonchev–Trinajstić information content (AvgIpc) is 2.48. The molecule has 0 atom stereocenters. The summed E-state index contributed by atoms with van der Waals surface area (Å²) >= 11 is 4.97. The number of aliphatic hydroxyl groups is 1. The highest BCUT2D eigenvalue weighted by molar-refractivity contribution is 9.10. The van der Waals surface area contributed by atoms with Crippen molar-refractivity contribution in [2.75, 3.05) is 31.2 Å². The Labute approximate surface area is 137 Å². The van der Waals surface area contributed by atoms with Gasteiger partial charge in [-0.25, -0.2) is 0 Å². The van der Waals surface area contributed by atoms with Crippen LogP contribution in [-0.4, -0.2) is 48.1 Å². The molecule has 0 heterocycles. The number of benzene rings is 1. The van der Waals surface area contributed by atoms with Crippen molar-refractivity contribution in [3.63, 3.8) is 0 Å². The van der Waals surface area contributed by atoms with E-state index in [2.05, 4.69) is 26.6 Å². The molecule has 0 radical (unpaired) electrons. The summed E-state index contributed by atoms with van der Waals surface area (Å²) in [6, 6.07) is 6.99. The first kappa shape index (κ1) is 18.0. The van der Waals surface area contributed by atoms with Crippen LogP contribution in [0.3, 0.4) is 0 Å². The van der Waals surface area contributed by atoms with E-state index in [9.17, 15) is 9.59 Å². The lowest BCUT2D eigenvalue weighted by Gasteiger charge is -2.07. The molecule has 116 valence electrons. The van der Waals surface area contributed by atoms with Gasteiger partial charge in [0.2, 0.25) is 5.91 Å². The van der Waals surface area contributed by atoms with Crippen molar-refractivity contribution in [1.82, 2.24) is 10.6 Å². The van der Waals surface area contributed by atoms with E-state index >= 15 is 0 Å². The van der Waals surface area contributed by atoms with Crippen LogP contribution in [0.15, 0.2) is 28.7 Å². The Bertz CT molecular complexity index is 471. The summed E-state index contributed by atoms with van der Waals surface area (Å²) in [5.74, 6) is 1.20. The molecule has 0 aromatic heterocycles. The molecule has 21 heavy (non-hydrogen) atoms. The maximum Gasteiger partial charge on any atom is 0.251 e. The molecule has 1 aromatic rings. The number of carbonyl (C=O) groups is 2. The molecule has 3 N–H and O–H groups in total. The van der Waals surface area contributed by atoms with Crippen molar-refractivity contribution < 1.29 is 14.7 Å². The normalized spacial score (nSPS) is 10.2. The fourth-order valence-corrected chi connectivity index (χ4v) is 2.67. The number of hydrogen-bond acceptors (Lipinski definition) is 4. The van der Waals surface area contributed by atoms with Crippen molar-refractivity contribution in [2.24, 2.45) is 0 Å². The van der Waals surface area contributed by atoms with Gasteiger partial charge in [0.1, 0.15) is 0 Å². The fourth-order valence-electron chi connectivity index (χ4n) is 1.49. The highest BCUT2D eigenvalue weighted by Crippen LogP contribution is 2.11. The van der Waals surface area contributed by atoms with Crippen molar-refractivity contribution >= 4 is 39.5 Å². The van der Waals surface area contributed by atoms with Gasteiger partial charge in [-0.1, -0.05) is 22.0 Å². The summed E-state index contributed by atoms with van der Waals surface area (Å²) < 4.78 is 0.819.